The smallest absolute Gasteiger partial charge is 0.339 e. The van der Waals surface area contributed by atoms with Gasteiger partial charge in [0.2, 0.25) is 0 Å². The van der Waals surface area contributed by atoms with E-state index in [0.29, 0.717) is 5.69 Å². The van der Waals surface area contributed by atoms with Gasteiger partial charge in [-0.1, -0.05) is 11.6 Å². The van der Waals surface area contributed by atoms with E-state index in [1.54, 1.807) is 7.05 Å². The highest BCUT2D eigenvalue weighted by molar-refractivity contribution is 6.30. The highest BCUT2D eigenvalue weighted by Gasteiger charge is 2.15. The molecule has 0 aliphatic rings. The van der Waals surface area contributed by atoms with Crippen molar-refractivity contribution >= 4 is 17.6 Å². The molecule has 5 nitrogen and oxygen atoms in total. The van der Waals surface area contributed by atoms with Gasteiger partial charge in [-0.2, -0.15) is 5.10 Å². The van der Waals surface area contributed by atoms with Crippen molar-refractivity contribution in [3.8, 4) is 5.75 Å². The zero-order valence-corrected chi connectivity index (χ0v) is 10.7. The molecular formula is C12H10ClFN2O3. The first kappa shape index (κ1) is 13.4. The van der Waals surface area contributed by atoms with Gasteiger partial charge in [0.1, 0.15) is 23.7 Å². The van der Waals surface area contributed by atoms with E-state index >= 15 is 0 Å². The number of aryl methyl sites for hydroxylation is 1. The Balaban J connectivity index is 2.16. The largest absolute Gasteiger partial charge is 0.487 e. The van der Waals surface area contributed by atoms with Crippen molar-refractivity contribution in [3.05, 3.63) is 46.5 Å². The van der Waals surface area contributed by atoms with Crippen LogP contribution in [0.5, 0.6) is 5.75 Å². The quantitative estimate of drug-likeness (QED) is 0.937. The van der Waals surface area contributed by atoms with Crippen molar-refractivity contribution in [2.45, 2.75) is 6.61 Å². The van der Waals surface area contributed by atoms with Crippen LogP contribution in [-0.4, -0.2) is 20.9 Å². The van der Waals surface area contributed by atoms with E-state index in [-0.39, 0.29) is 22.9 Å². The number of carbonyl (C=O) groups is 1. The van der Waals surface area contributed by atoms with E-state index in [9.17, 15) is 9.18 Å². The van der Waals surface area contributed by atoms with Crippen LogP contribution in [0.15, 0.2) is 24.4 Å². The fourth-order valence-corrected chi connectivity index (χ4v) is 1.65. The van der Waals surface area contributed by atoms with E-state index < -0.39 is 11.8 Å². The van der Waals surface area contributed by atoms with Crippen LogP contribution >= 0.6 is 11.6 Å². The van der Waals surface area contributed by atoms with Gasteiger partial charge in [0.05, 0.1) is 16.9 Å². The van der Waals surface area contributed by atoms with Crippen LogP contribution in [0.3, 0.4) is 0 Å². The molecule has 1 N–H and O–H groups in total. The fourth-order valence-electron chi connectivity index (χ4n) is 1.53. The number of ether oxygens (including phenoxy) is 1. The van der Waals surface area contributed by atoms with Crippen molar-refractivity contribution in [2.75, 3.05) is 0 Å². The van der Waals surface area contributed by atoms with Crippen LogP contribution in [0.25, 0.3) is 0 Å². The van der Waals surface area contributed by atoms with Crippen molar-refractivity contribution < 1.29 is 19.0 Å². The number of hydrogen-bond donors (Lipinski definition) is 1. The first-order valence-corrected chi connectivity index (χ1v) is 5.69. The van der Waals surface area contributed by atoms with Crippen molar-refractivity contribution in [3.63, 3.8) is 0 Å². The number of hydrogen-bond acceptors (Lipinski definition) is 3. The summed E-state index contributed by atoms with van der Waals surface area (Å²) in [6.45, 7) is -0.0286. The van der Waals surface area contributed by atoms with Gasteiger partial charge in [0, 0.05) is 13.1 Å². The topological polar surface area (TPSA) is 64.4 Å². The molecule has 0 atom stereocenters. The standard InChI is InChI=1S/C12H10ClFN2O3/c1-16-11(8(5-15-16)12(17)18)6-19-7-2-3-9(13)10(14)4-7/h2-5H,6H2,1H3,(H,17,18). The van der Waals surface area contributed by atoms with Gasteiger partial charge in [-0.05, 0) is 12.1 Å². The third-order valence-corrected chi connectivity index (χ3v) is 2.87. The summed E-state index contributed by atoms with van der Waals surface area (Å²) >= 11 is 5.55. The zero-order chi connectivity index (χ0) is 14.0. The molecule has 0 aliphatic heterocycles. The predicted molar refractivity (Wildman–Crippen MR) is 65.9 cm³/mol. The number of aromatic carboxylic acids is 1. The molecule has 0 aliphatic carbocycles. The summed E-state index contributed by atoms with van der Waals surface area (Å²) in [5, 5.41) is 12.8. The number of rotatable bonds is 4. The summed E-state index contributed by atoms with van der Waals surface area (Å²) in [4.78, 5) is 11.0. The Hall–Kier alpha value is -2.08. The Kier molecular flexibility index (Phi) is 3.71. The lowest BCUT2D eigenvalue weighted by molar-refractivity contribution is 0.0693. The number of halogens is 2. The molecule has 1 aromatic heterocycles. The summed E-state index contributed by atoms with van der Waals surface area (Å²) < 4.78 is 19.9. The number of carboxylic acid groups (broad SMARTS) is 1. The van der Waals surface area contributed by atoms with E-state index in [4.69, 9.17) is 21.4 Å². The van der Waals surface area contributed by atoms with Crippen LogP contribution in [-0.2, 0) is 13.7 Å². The van der Waals surface area contributed by atoms with E-state index in [2.05, 4.69) is 5.10 Å². The second-order valence-electron chi connectivity index (χ2n) is 3.80. The molecule has 0 unspecified atom stereocenters. The third-order valence-electron chi connectivity index (χ3n) is 2.56. The molecule has 0 bridgehead atoms. The van der Waals surface area contributed by atoms with Crippen LogP contribution < -0.4 is 4.74 Å². The lowest BCUT2D eigenvalue weighted by atomic mass is 10.2. The minimum atomic E-state index is -1.09. The van der Waals surface area contributed by atoms with Crippen molar-refractivity contribution in [1.82, 2.24) is 9.78 Å². The Morgan fingerprint density at radius 1 is 1.58 bits per heavy atom. The highest BCUT2D eigenvalue weighted by atomic mass is 35.5. The number of nitrogens with zero attached hydrogens (tertiary/aromatic N) is 2. The molecule has 0 radical (unpaired) electrons. The first-order valence-electron chi connectivity index (χ1n) is 5.31. The normalized spacial score (nSPS) is 10.5. The van der Waals surface area contributed by atoms with Gasteiger partial charge >= 0.3 is 5.97 Å². The molecule has 100 valence electrons. The second-order valence-corrected chi connectivity index (χ2v) is 4.21. The lowest BCUT2D eigenvalue weighted by Gasteiger charge is -2.08. The molecule has 0 saturated carbocycles. The molecule has 0 spiro atoms. The van der Waals surface area contributed by atoms with Crippen molar-refractivity contribution in [1.29, 1.82) is 0 Å². The van der Waals surface area contributed by atoms with E-state index in [1.807, 2.05) is 0 Å². The Morgan fingerprint density at radius 3 is 2.95 bits per heavy atom. The van der Waals surface area contributed by atoms with Gasteiger partial charge < -0.3 is 9.84 Å². The first-order chi connectivity index (χ1) is 8.99. The Morgan fingerprint density at radius 2 is 2.32 bits per heavy atom. The maximum Gasteiger partial charge on any atom is 0.339 e. The van der Waals surface area contributed by atoms with Gasteiger partial charge in [-0.25, -0.2) is 9.18 Å². The molecule has 0 amide bonds. The number of carboxylic acids is 1. The van der Waals surface area contributed by atoms with Gasteiger partial charge in [0.15, 0.2) is 0 Å². The minimum Gasteiger partial charge on any atom is -0.487 e. The molecule has 1 heterocycles. The Labute approximate surface area is 113 Å². The maximum absolute atomic E-state index is 13.2. The Bertz CT molecular complexity index is 627. The molecular weight excluding hydrogens is 275 g/mol. The minimum absolute atomic E-state index is 0.000826. The molecule has 1 aromatic carbocycles. The molecule has 2 rings (SSSR count). The molecule has 2 aromatic rings. The monoisotopic (exact) mass is 284 g/mol. The van der Waals surface area contributed by atoms with Crippen molar-refractivity contribution in [2.24, 2.45) is 7.05 Å². The second kappa shape index (κ2) is 5.27. The third kappa shape index (κ3) is 2.85. The summed E-state index contributed by atoms with van der Waals surface area (Å²) in [5.74, 6) is -1.42. The van der Waals surface area contributed by atoms with Gasteiger partial charge in [-0.3, -0.25) is 4.68 Å². The van der Waals surface area contributed by atoms with Gasteiger partial charge in [-0.15, -0.1) is 0 Å². The fraction of sp³-hybridized carbons (Fsp3) is 0.167. The zero-order valence-electron chi connectivity index (χ0n) is 9.93. The molecule has 19 heavy (non-hydrogen) atoms. The number of benzene rings is 1. The average molecular weight is 285 g/mol. The SMILES string of the molecule is Cn1ncc(C(=O)O)c1COc1ccc(Cl)c(F)c1. The van der Waals surface area contributed by atoms with Gasteiger partial charge in [0.25, 0.3) is 0 Å². The molecule has 0 fully saturated rings. The van der Waals surface area contributed by atoms with Crippen LogP contribution in [0.2, 0.25) is 5.02 Å². The maximum atomic E-state index is 13.2. The lowest BCUT2D eigenvalue weighted by Crippen LogP contribution is -2.08. The highest BCUT2D eigenvalue weighted by Crippen LogP contribution is 2.21. The summed E-state index contributed by atoms with van der Waals surface area (Å²) in [5.41, 5.74) is 0.444. The number of aromatic nitrogens is 2. The summed E-state index contributed by atoms with van der Waals surface area (Å²) in [6.07, 6.45) is 1.24. The van der Waals surface area contributed by atoms with Crippen LogP contribution in [0.4, 0.5) is 4.39 Å². The van der Waals surface area contributed by atoms with Crippen LogP contribution in [0.1, 0.15) is 16.1 Å². The van der Waals surface area contributed by atoms with E-state index in [1.165, 1.54) is 23.0 Å². The summed E-state index contributed by atoms with van der Waals surface area (Å²) in [7, 11) is 1.60. The molecule has 7 heteroatoms. The predicted octanol–water partition coefficient (Wildman–Crippen LogP) is 2.49. The molecule has 0 saturated heterocycles. The summed E-state index contributed by atoms with van der Waals surface area (Å²) in [6, 6.07) is 4.01. The average Bonchev–Trinajstić information content (AvgIpc) is 2.72. The van der Waals surface area contributed by atoms with E-state index in [0.717, 1.165) is 6.07 Å². The van der Waals surface area contributed by atoms with Crippen LogP contribution in [0, 0.1) is 5.82 Å².